The zero-order valence-corrected chi connectivity index (χ0v) is 12.3. The molecule has 100 valence electrons. The van der Waals surface area contributed by atoms with Gasteiger partial charge in [0.25, 0.3) is 0 Å². The summed E-state index contributed by atoms with van der Waals surface area (Å²) in [4.78, 5) is 5.16. The molecule has 0 spiro atoms. The second kappa shape index (κ2) is 5.37. The van der Waals surface area contributed by atoms with E-state index in [0.717, 1.165) is 30.6 Å². The minimum absolute atomic E-state index is 0.314. The lowest BCUT2D eigenvalue weighted by atomic mass is 9.97. The summed E-state index contributed by atoms with van der Waals surface area (Å²) in [5.41, 5.74) is 0.314. The fraction of sp³-hybridized carbons (Fsp3) is 1.00. The van der Waals surface area contributed by atoms with E-state index in [0.29, 0.717) is 5.54 Å². The molecule has 17 heavy (non-hydrogen) atoms. The van der Waals surface area contributed by atoms with Gasteiger partial charge in [-0.3, -0.25) is 14.0 Å². The number of rotatable bonds is 1. The Labute approximate surface area is 108 Å². The normalized spacial score (nSPS) is 27.5. The first-order chi connectivity index (χ1) is 7.97. The molecule has 0 aromatic carbocycles. The molecule has 3 nitrogen and oxygen atoms in total. The Hall–Kier alpha value is 0.0700. The van der Waals surface area contributed by atoms with E-state index in [2.05, 4.69) is 30.6 Å². The lowest BCUT2D eigenvalue weighted by Crippen LogP contribution is -2.53. The monoisotopic (exact) mass is 258 g/mol. The molecule has 0 atom stereocenters. The Morgan fingerprint density at radius 2 is 1.53 bits per heavy atom. The maximum absolute atomic E-state index is 11.4. The van der Waals surface area contributed by atoms with Crippen molar-refractivity contribution in [3.8, 4) is 0 Å². The van der Waals surface area contributed by atoms with Gasteiger partial charge in [-0.2, -0.15) is 0 Å². The third kappa shape index (κ3) is 3.52. The predicted molar refractivity (Wildman–Crippen MR) is 73.8 cm³/mol. The van der Waals surface area contributed by atoms with Crippen molar-refractivity contribution in [2.45, 2.75) is 45.2 Å². The van der Waals surface area contributed by atoms with E-state index >= 15 is 0 Å². The zero-order valence-electron chi connectivity index (χ0n) is 11.4. The second-order valence-electron chi connectivity index (χ2n) is 6.27. The van der Waals surface area contributed by atoms with Gasteiger partial charge in [-0.1, -0.05) is 0 Å². The summed E-state index contributed by atoms with van der Waals surface area (Å²) < 4.78 is 11.4. The summed E-state index contributed by atoms with van der Waals surface area (Å²) in [6.07, 6.45) is 2.56. The topological polar surface area (TPSA) is 23.6 Å². The van der Waals surface area contributed by atoms with Crippen LogP contribution >= 0.6 is 0 Å². The van der Waals surface area contributed by atoms with Gasteiger partial charge in [-0.15, -0.1) is 0 Å². The fourth-order valence-corrected chi connectivity index (χ4v) is 4.00. The van der Waals surface area contributed by atoms with Crippen molar-refractivity contribution in [2.75, 3.05) is 37.7 Å². The van der Waals surface area contributed by atoms with Crippen LogP contribution < -0.4 is 0 Å². The standard InChI is InChI=1S/C13H26N2OS/c1-13(2,3)15-6-4-12(5-7-15)14-8-10-17(16)11-9-14/h12H,4-11H2,1-3H3. The molecule has 0 radical (unpaired) electrons. The lowest BCUT2D eigenvalue weighted by Gasteiger charge is -2.44. The molecule has 2 rings (SSSR count). The molecule has 2 aliphatic rings. The van der Waals surface area contributed by atoms with E-state index in [1.54, 1.807) is 0 Å². The van der Waals surface area contributed by atoms with Gasteiger partial charge in [0.1, 0.15) is 0 Å². The van der Waals surface area contributed by atoms with Crippen molar-refractivity contribution in [1.29, 1.82) is 0 Å². The molecule has 0 saturated carbocycles. The van der Waals surface area contributed by atoms with Gasteiger partial charge < -0.3 is 0 Å². The van der Waals surface area contributed by atoms with Crippen molar-refractivity contribution >= 4 is 10.8 Å². The summed E-state index contributed by atoms with van der Waals surface area (Å²) in [6, 6.07) is 0.742. The summed E-state index contributed by atoms with van der Waals surface area (Å²) in [7, 11) is -0.538. The van der Waals surface area contributed by atoms with Crippen LogP contribution in [-0.2, 0) is 10.8 Å². The van der Waals surface area contributed by atoms with E-state index in [1.807, 2.05) is 0 Å². The van der Waals surface area contributed by atoms with Gasteiger partial charge in [0, 0.05) is 60.1 Å². The second-order valence-corrected chi connectivity index (χ2v) is 7.97. The van der Waals surface area contributed by atoms with E-state index in [1.165, 1.54) is 25.9 Å². The molecule has 0 amide bonds. The highest BCUT2D eigenvalue weighted by Crippen LogP contribution is 2.23. The number of piperidine rings is 1. The van der Waals surface area contributed by atoms with Crippen LogP contribution in [0.3, 0.4) is 0 Å². The molecule has 0 unspecified atom stereocenters. The van der Waals surface area contributed by atoms with Gasteiger partial charge in [0.15, 0.2) is 0 Å². The third-order valence-corrected chi connectivity index (χ3v) is 5.42. The van der Waals surface area contributed by atoms with Gasteiger partial charge in [0.05, 0.1) is 0 Å². The van der Waals surface area contributed by atoms with Crippen molar-refractivity contribution < 1.29 is 4.21 Å². The zero-order chi connectivity index (χ0) is 12.5. The van der Waals surface area contributed by atoms with Crippen LogP contribution in [0.15, 0.2) is 0 Å². The molecule has 0 aromatic heterocycles. The van der Waals surface area contributed by atoms with Crippen LogP contribution in [0.1, 0.15) is 33.6 Å². The highest BCUT2D eigenvalue weighted by atomic mass is 32.2. The number of nitrogens with zero attached hydrogens (tertiary/aromatic N) is 2. The first-order valence-electron chi connectivity index (χ1n) is 6.81. The van der Waals surface area contributed by atoms with Crippen LogP contribution in [0.5, 0.6) is 0 Å². The Morgan fingerprint density at radius 3 is 2.00 bits per heavy atom. The Balaban J connectivity index is 1.81. The maximum atomic E-state index is 11.4. The molecule has 2 fully saturated rings. The van der Waals surface area contributed by atoms with Crippen LogP contribution in [0, 0.1) is 0 Å². The lowest BCUT2D eigenvalue weighted by molar-refractivity contribution is 0.0598. The minimum Gasteiger partial charge on any atom is -0.298 e. The summed E-state index contributed by atoms with van der Waals surface area (Å²) in [6.45, 7) is 11.4. The van der Waals surface area contributed by atoms with Crippen molar-refractivity contribution in [3.05, 3.63) is 0 Å². The first-order valence-corrected chi connectivity index (χ1v) is 8.30. The van der Waals surface area contributed by atoms with Gasteiger partial charge >= 0.3 is 0 Å². The van der Waals surface area contributed by atoms with Gasteiger partial charge in [-0.25, -0.2) is 0 Å². The van der Waals surface area contributed by atoms with Crippen LogP contribution in [0.4, 0.5) is 0 Å². The molecule has 2 saturated heterocycles. The molecule has 4 heteroatoms. The number of likely N-dealkylation sites (tertiary alicyclic amines) is 1. The molecule has 0 bridgehead atoms. The van der Waals surface area contributed by atoms with E-state index < -0.39 is 10.8 Å². The predicted octanol–water partition coefficient (Wildman–Crippen LogP) is 1.31. The average molecular weight is 258 g/mol. The number of hydrogen-bond acceptors (Lipinski definition) is 3. The average Bonchev–Trinajstić information content (AvgIpc) is 2.29. The van der Waals surface area contributed by atoms with Crippen LogP contribution in [0.25, 0.3) is 0 Å². The molecule has 2 aliphatic heterocycles. The van der Waals surface area contributed by atoms with Crippen LogP contribution in [0.2, 0.25) is 0 Å². The van der Waals surface area contributed by atoms with E-state index in [4.69, 9.17) is 0 Å². The Morgan fingerprint density at radius 1 is 1.00 bits per heavy atom. The molecular formula is C13H26N2OS. The Bertz CT molecular complexity index is 270. The SMILES string of the molecule is CC(C)(C)N1CCC(N2CCS(=O)CC2)CC1. The molecule has 0 aliphatic carbocycles. The van der Waals surface area contributed by atoms with Crippen molar-refractivity contribution in [2.24, 2.45) is 0 Å². The number of hydrogen-bond donors (Lipinski definition) is 0. The molecule has 2 heterocycles. The summed E-state index contributed by atoms with van der Waals surface area (Å²) in [5, 5.41) is 0. The van der Waals surface area contributed by atoms with Gasteiger partial charge in [-0.05, 0) is 33.6 Å². The fourth-order valence-electron chi connectivity index (χ4n) is 2.92. The minimum atomic E-state index is -0.538. The highest BCUT2D eigenvalue weighted by molar-refractivity contribution is 7.85. The third-order valence-electron chi connectivity index (χ3n) is 4.14. The van der Waals surface area contributed by atoms with Crippen molar-refractivity contribution in [1.82, 2.24) is 9.80 Å². The van der Waals surface area contributed by atoms with Crippen molar-refractivity contribution in [3.63, 3.8) is 0 Å². The van der Waals surface area contributed by atoms with E-state index in [9.17, 15) is 4.21 Å². The largest absolute Gasteiger partial charge is 0.298 e. The highest BCUT2D eigenvalue weighted by Gasteiger charge is 2.30. The summed E-state index contributed by atoms with van der Waals surface area (Å²) in [5.74, 6) is 1.78. The molecular weight excluding hydrogens is 232 g/mol. The quantitative estimate of drug-likeness (QED) is 0.708. The molecule has 0 aromatic rings. The first kappa shape index (κ1) is 13.5. The maximum Gasteiger partial charge on any atom is 0.0363 e. The molecule has 0 N–H and O–H groups in total. The summed E-state index contributed by atoms with van der Waals surface area (Å²) >= 11 is 0. The smallest absolute Gasteiger partial charge is 0.0363 e. The van der Waals surface area contributed by atoms with Gasteiger partial charge in [0.2, 0.25) is 0 Å². The van der Waals surface area contributed by atoms with Crippen LogP contribution in [-0.4, -0.2) is 63.3 Å². The van der Waals surface area contributed by atoms with E-state index in [-0.39, 0.29) is 0 Å². The Kier molecular flexibility index (Phi) is 4.26.